The summed E-state index contributed by atoms with van der Waals surface area (Å²) in [5.74, 6) is 0.781. The third kappa shape index (κ3) is 3.36. The molecule has 0 amide bonds. The average Bonchev–Trinajstić information content (AvgIpc) is 3.49. The number of nitrogens with zero attached hydrogens (tertiary/aromatic N) is 5. The van der Waals surface area contributed by atoms with Crippen LogP contribution < -0.4 is 10.2 Å². The van der Waals surface area contributed by atoms with Crippen LogP contribution in [0.5, 0.6) is 0 Å². The minimum atomic E-state index is 0.759. The highest BCUT2D eigenvalue weighted by atomic mass is 16.5. The van der Waals surface area contributed by atoms with Crippen LogP contribution in [0.4, 0.5) is 17.2 Å². The van der Waals surface area contributed by atoms with Crippen molar-refractivity contribution in [1.82, 2.24) is 24.6 Å². The van der Waals surface area contributed by atoms with Gasteiger partial charge in [-0.05, 0) is 29.8 Å². The Bertz CT molecular complexity index is 1350. The first-order valence-corrected chi connectivity index (χ1v) is 10.3. The molecule has 0 aliphatic carbocycles. The number of pyridine rings is 2. The van der Waals surface area contributed by atoms with E-state index in [9.17, 15) is 0 Å². The lowest BCUT2D eigenvalue weighted by Crippen LogP contribution is -2.36. The Morgan fingerprint density at radius 3 is 2.77 bits per heavy atom. The highest BCUT2D eigenvalue weighted by Crippen LogP contribution is 2.29. The number of hydrogen-bond acceptors (Lipinski definition) is 6. The Morgan fingerprint density at radius 1 is 0.968 bits per heavy atom. The van der Waals surface area contributed by atoms with Crippen molar-refractivity contribution in [1.29, 1.82) is 0 Å². The fraction of sp³-hybridized carbons (Fsp3) is 0.174. The summed E-state index contributed by atoms with van der Waals surface area (Å²) in [7, 11) is 0. The maximum atomic E-state index is 5.43. The van der Waals surface area contributed by atoms with Crippen LogP contribution in [-0.2, 0) is 4.74 Å². The number of imidazole rings is 1. The number of aromatic nitrogens is 5. The molecule has 1 aromatic carbocycles. The van der Waals surface area contributed by atoms with Crippen molar-refractivity contribution >= 4 is 33.7 Å². The molecule has 4 aromatic heterocycles. The van der Waals surface area contributed by atoms with Gasteiger partial charge >= 0.3 is 0 Å². The van der Waals surface area contributed by atoms with E-state index in [1.54, 1.807) is 6.20 Å². The molecule has 5 aromatic rings. The van der Waals surface area contributed by atoms with E-state index in [4.69, 9.17) is 4.74 Å². The highest BCUT2D eigenvalue weighted by molar-refractivity contribution is 5.86. The van der Waals surface area contributed by atoms with Crippen LogP contribution in [0.3, 0.4) is 0 Å². The molecule has 1 aliphatic rings. The monoisotopic (exact) mass is 411 g/mol. The number of fused-ring (bicyclic) bond motifs is 2. The van der Waals surface area contributed by atoms with Crippen molar-refractivity contribution in [3.8, 4) is 11.1 Å². The molecule has 8 nitrogen and oxygen atoms in total. The minimum Gasteiger partial charge on any atom is -0.378 e. The van der Waals surface area contributed by atoms with Crippen LogP contribution in [0.2, 0.25) is 0 Å². The number of nitrogens with one attached hydrogen (secondary N) is 2. The summed E-state index contributed by atoms with van der Waals surface area (Å²) in [5.41, 5.74) is 6.06. The molecular weight excluding hydrogens is 390 g/mol. The van der Waals surface area contributed by atoms with Gasteiger partial charge in [0.05, 0.1) is 42.5 Å². The minimum absolute atomic E-state index is 0.759. The summed E-state index contributed by atoms with van der Waals surface area (Å²) in [6.45, 7) is 3.31. The first-order valence-electron chi connectivity index (χ1n) is 10.3. The molecule has 8 heteroatoms. The van der Waals surface area contributed by atoms with Crippen LogP contribution in [0.1, 0.15) is 0 Å². The molecule has 6 rings (SSSR count). The second-order valence-corrected chi connectivity index (χ2v) is 7.60. The van der Waals surface area contributed by atoms with Crippen LogP contribution in [0.15, 0.2) is 67.4 Å². The maximum absolute atomic E-state index is 5.43. The second-order valence-electron chi connectivity index (χ2n) is 7.60. The summed E-state index contributed by atoms with van der Waals surface area (Å²) < 4.78 is 7.46. The second kappa shape index (κ2) is 7.41. The number of ether oxygens (including phenoxy) is 1. The molecule has 0 saturated carbocycles. The van der Waals surface area contributed by atoms with Gasteiger partial charge in [0.1, 0.15) is 5.82 Å². The quantitative estimate of drug-likeness (QED) is 0.467. The van der Waals surface area contributed by atoms with Gasteiger partial charge in [0, 0.05) is 42.6 Å². The van der Waals surface area contributed by atoms with E-state index in [0.29, 0.717) is 0 Å². The summed E-state index contributed by atoms with van der Waals surface area (Å²) in [6, 6.07) is 12.5. The van der Waals surface area contributed by atoms with E-state index in [1.807, 2.05) is 29.1 Å². The van der Waals surface area contributed by atoms with E-state index in [1.165, 1.54) is 0 Å². The Balaban J connectivity index is 1.33. The van der Waals surface area contributed by atoms with Crippen molar-refractivity contribution in [2.75, 3.05) is 36.5 Å². The fourth-order valence-electron chi connectivity index (χ4n) is 4.01. The molecule has 154 valence electrons. The predicted molar refractivity (Wildman–Crippen MR) is 121 cm³/mol. The van der Waals surface area contributed by atoms with Crippen LogP contribution in [-0.4, -0.2) is 50.9 Å². The molecule has 0 atom stereocenters. The molecule has 0 spiro atoms. The van der Waals surface area contributed by atoms with Crippen molar-refractivity contribution in [2.24, 2.45) is 0 Å². The zero-order valence-corrected chi connectivity index (χ0v) is 16.8. The molecule has 1 aliphatic heterocycles. The largest absolute Gasteiger partial charge is 0.378 e. The number of hydrogen-bond donors (Lipinski definition) is 2. The number of anilines is 3. The van der Waals surface area contributed by atoms with Crippen molar-refractivity contribution in [2.45, 2.75) is 0 Å². The average molecular weight is 411 g/mol. The normalized spacial score (nSPS) is 14.4. The number of morpholine rings is 1. The predicted octanol–water partition coefficient (Wildman–Crippen LogP) is 3.85. The molecule has 2 N–H and O–H groups in total. The van der Waals surface area contributed by atoms with Gasteiger partial charge in [0.15, 0.2) is 5.65 Å². The third-order valence-corrected chi connectivity index (χ3v) is 5.65. The topological polar surface area (TPSA) is 83.4 Å². The number of H-pyrrole nitrogens is 1. The first kappa shape index (κ1) is 17.9. The summed E-state index contributed by atoms with van der Waals surface area (Å²) in [6.07, 6.45) is 9.58. The Labute approximate surface area is 178 Å². The van der Waals surface area contributed by atoms with E-state index in [-0.39, 0.29) is 0 Å². The van der Waals surface area contributed by atoms with Gasteiger partial charge in [-0.3, -0.25) is 5.10 Å². The molecular formula is C23H21N7O. The van der Waals surface area contributed by atoms with Crippen molar-refractivity contribution in [3.63, 3.8) is 0 Å². The standard InChI is InChI=1S/C23H21N7O/c1-2-17-13-26-28-20(17)11-16(1)18-12-21(23-24-5-6-30(23)15-18)27-22-4-3-19(14-25-22)29-7-9-31-10-8-29/h1-6,11-15H,7-10H2,(H,25,27)(H,26,28). The lowest BCUT2D eigenvalue weighted by molar-refractivity contribution is 0.122. The fourth-order valence-corrected chi connectivity index (χ4v) is 4.01. The Kier molecular flexibility index (Phi) is 4.28. The third-order valence-electron chi connectivity index (χ3n) is 5.65. The van der Waals surface area contributed by atoms with Gasteiger partial charge in [-0.15, -0.1) is 0 Å². The van der Waals surface area contributed by atoms with Gasteiger partial charge in [-0.2, -0.15) is 5.10 Å². The van der Waals surface area contributed by atoms with E-state index >= 15 is 0 Å². The van der Waals surface area contributed by atoms with E-state index in [0.717, 1.165) is 71.2 Å². The molecule has 1 saturated heterocycles. The molecule has 5 heterocycles. The van der Waals surface area contributed by atoms with Crippen molar-refractivity contribution < 1.29 is 4.74 Å². The number of aromatic amines is 1. The van der Waals surface area contributed by atoms with Crippen LogP contribution in [0, 0.1) is 0 Å². The van der Waals surface area contributed by atoms with Gasteiger partial charge < -0.3 is 19.4 Å². The maximum Gasteiger partial charge on any atom is 0.160 e. The SMILES string of the molecule is c1cn2cc(-c3ccc4cn[nH]c4c3)cc(Nc3ccc(N4CCOCC4)cn3)c2n1. The van der Waals surface area contributed by atoms with E-state index < -0.39 is 0 Å². The zero-order chi connectivity index (χ0) is 20.6. The molecule has 1 fully saturated rings. The zero-order valence-electron chi connectivity index (χ0n) is 16.8. The summed E-state index contributed by atoms with van der Waals surface area (Å²) in [4.78, 5) is 11.4. The summed E-state index contributed by atoms with van der Waals surface area (Å²) >= 11 is 0. The van der Waals surface area contributed by atoms with Gasteiger partial charge in [0.2, 0.25) is 0 Å². The molecule has 0 unspecified atom stereocenters. The number of benzene rings is 1. The Hall–Kier alpha value is -3.91. The summed E-state index contributed by atoms with van der Waals surface area (Å²) in [5, 5.41) is 11.7. The van der Waals surface area contributed by atoms with Crippen molar-refractivity contribution in [3.05, 3.63) is 67.4 Å². The molecule has 0 bridgehead atoms. The molecule has 31 heavy (non-hydrogen) atoms. The lowest BCUT2D eigenvalue weighted by atomic mass is 10.1. The van der Waals surface area contributed by atoms with Gasteiger partial charge in [-0.1, -0.05) is 12.1 Å². The van der Waals surface area contributed by atoms with Crippen LogP contribution >= 0.6 is 0 Å². The first-order chi connectivity index (χ1) is 15.3. The van der Waals surface area contributed by atoms with Gasteiger partial charge in [0.25, 0.3) is 0 Å². The van der Waals surface area contributed by atoms with Crippen LogP contribution in [0.25, 0.3) is 27.7 Å². The van der Waals surface area contributed by atoms with Gasteiger partial charge in [-0.25, -0.2) is 9.97 Å². The number of rotatable bonds is 4. The molecule has 0 radical (unpaired) electrons. The highest BCUT2D eigenvalue weighted by Gasteiger charge is 2.13. The lowest BCUT2D eigenvalue weighted by Gasteiger charge is -2.28. The van der Waals surface area contributed by atoms with E-state index in [2.05, 4.69) is 66.9 Å². The Morgan fingerprint density at radius 2 is 1.90 bits per heavy atom. The smallest absolute Gasteiger partial charge is 0.160 e.